The number of amides is 2. The van der Waals surface area contributed by atoms with Crippen LogP contribution in [0.5, 0.6) is 5.75 Å². The Kier molecular flexibility index (Phi) is 6.43. The van der Waals surface area contributed by atoms with Gasteiger partial charge in [-0.15, -0.1) is 0 Å². The van der Waals surface area contributed by atoms with E-state index in [0.29, 0.717) is 24.5 Å². The number of fused-ring (bicyclic) bond motifs is 1. The van der Waals surface area contributed by atoms with Gasteiger partial charge in [-0.1, -0.05) is 29.8 Å². The number of hydrogen-bond acceptors (Lipinski definition) is 5. The number of halogens is 1. The number of nitrogens with zero attached hydrogens (tertiary/aromatic N) is 4. The number of anilines is 1. The lowest BCUT2D eigenvalue weighted by Crippen LogP contribution is -2.40. The molecule has 166 valence electrons. The number of aliphatic hydroxyl groups excluding tert-OH is 1. The van der Waals surface area contributed by atoms with Crippen LogP contribution in [-0.4, -0.2) is 51.1 Å². The van der Waals surface area contributed by atoms with E-state index in [1.807, 2.05) is 42.1 Å². The molecule has 0 spiro atoms. The van der Waals surface area contributed by atoms with Crippen molar-refractivity contribution in [1.29, 1.82) is 0 Å². The van der Waals surface area contributed by atoms with Gasteiger partial charge < -0.3 is 19.3 Å². The number of ether oxygens (including phenoxy) is 1. The number of carbonyl (C=O) groups excluding carboxylic acids is 2. The van der Waals surface area contributed by atoms with E-state index in [1.165, 1.54) is 11.0 Å². The quantitative estimate of drug-likeness (QED) is 0.618. The minimum atomic E-state index is -0.372. The Morgan fingerprint density at radius 2 is 2.03 bits per heavy atom. The molecule has 0 saturated heterocycles. The fourth-order valence-corrected chi connectivity index (χ4v) is 3.89. The summed E-state index contributed by atoms with van der Waals surface area (Å²) in [6.07, 6.45) is 3.52. The molecule has 2 amide bonds. The van der Waals surface area contributed by atoms with Crippen LogP contribution in [0, 0.1) is 0 Å². The van der Waals surface area contributed by atoms with Crippen molar-refractivity contribution in [2.45, 2.75) is 13.1 Å². The highest BCUT2D eigenvalue weighted by molar-refractivity contribution is 6.34. The predicted octanol–water partition coefficient (Wildman–Crippen LogP) is 2.63. The molecule has 0 atom stereocenters. The van der Waals surface area contributed by atoms with Crippen molar-refractivity contribution in [2.75, 3.05) is 24.7 Å². The minimum absolute atomic E-state index is 0.112. The van der Waals surface area contributed by atoms with Gasteiger partial charge in [0.2, 0.25) is 5.91 Å². The van der Waals surface area contributed by atoms with E-state index in [0.717, 1.165) is 11.4 Å². The molecule has 0 fully saturated rings. The van der Waals surface area contributed by atoms with Gasteiger partial charge in [-0.25, -0.2) is 4.98 Å². The molecule has 1 N–H and O–H groups in total. The van der Waals surface area contributed by atoms with E-state index < -0.39 is 0 Å². The standard InChI is InChI=1S/C23H23ClN4O4/c1-26-9-8-25-21(26)14-27-13-16-4-2-3-5-20(16)28(15-22(27)30)23(31)18-7-6-17(12-19(18)24)32-11-10-29/h2-9,12,29H,10-11,13-15H2,1H3. The van der Waals surface area contributed by atoms with E-state index in [1.54, 1.807) is 23.2 Å². The molecule has 1 aromatic heterocycles. The van der Waals surface area contributed by atoms with Crippen LogP contribution in [0.4, 0.5) is 5.69 Å². The third-order valence-electron chi connectivity index (χ3n) is 5.32. The van der Waals surface area contributed by atoms with E-state index in [-0.39, 0.29) is 42.2 Å². The molecule has 0 bridgehead atoms. The Bertz CT molecular complexity index is 1150. The van der Waals surface area contributed by atoms with Gasteiger partial charge in [0.05, 0.1) is 23.7 Å². The number of para-hydroxylation sites is 1. The minimum Gasteiger partial charge on any atom is -0.491 e. The number of aromatic nitrogens is 2. The Balaban J connectivity index is 1.64. The van der Waals surface area contributed by atoms with Crippen molar-refractivity contribution in [3.63, 3.8) is 0 Å². The smallest absolute Gasteiger partial charge is 0.260 e. The lowest BCUT2D eigenvalue weighted by molar-refractivity contribution is -0.130. The first-order chi connectivity index (χ1) is 15.5. The highest BCUT2D eigenvalue weighted by Crippen LogP contribution is 2.30. The third-order valence-corrected chi connectivity index (χ3v) is 5.63. The lowest BCUT2D eigenvalue weighted by atomic mass is 10.1. The van der Waals surface area contributed by atoms with Crippen molar-refractivity contribution >= 4 is 29.1 Å². The number of benzene rings is 2. The SMILES string of the molecule is Cn1ccnc1CN1Cc2ccccc2N(C(=O)c2ccc(OCCO)cc2Cl)CC1=O. The second-order valence-electron chi connectivity index (χ2n) is 7.44. The van der Waals surface area contributed by atoms with Crippen LogP contribution in [0.3, 0.4) is 0 Å². The van der Waals surface area contributed by atoms with Crippen molar-refractivity contribution in [2.24, 2.45) is 7.05 Å². The first-order valence-electron chi connectivity index (χ1n) is 10.1. The van der Waals surface area contributed by atoms with Crippen LogP contribution in [0.2, 0.25) is 5.02 Å². The number of carbonyl (C=O) groups is 2. The highest BCUT2D eigenvalue weighted by Gasteiger charge is 2.31. The monoisotopic (exact) mass is 454 g/mol. The number of hydrogen-bond donors (Lipinski definition) is 1. The van der Waals surface area contributed by atoms with E-state index in [4.69, 9.17) is 21.4 Å². The number of aliphatic hydroxyl groups is 1. The molecule has 32 heavy (non-hydrogen) atoms. The van der Waals surface area contributed by atoms with Crippen LogP contribution in [0.25, 0.3) is 0 Å². The number of aryl methyl sites for hydroxylation is 1. The fraction of sp³-hybridized carbons (Fsp3) is 0.261. The summed E-state index contributed by atoms with van der Waals surface area (Å²) in [7, 11) is 1.88. The average molecular weight is 455 g/mol. The van der Waals surface area contributed by atoms with Crippen LogP contribution >= 0.6 is 11.6 Å². The highest BCUT2D eigenvalue weighted by atomic mass is 35.5. The molecule has 2 aromatic carbocycles. The normalized spacial score (nSPS) is 13.7. The van der Waals surface area contributed by atoms with E-state index >= 15 is 0 Å². The van der Waals surface area contributed by atoms with Crippen molar-refractivity contribution in [3.05, 3.63) is 76.8 Å². The summed E-state index contributed by atoms with van der Waals surface area (Å²) >= 11 is 6.37. The molecule has 1 aliphatic heterocycles. The molecular weight excluding hydrogens is 432 g/mol. The van der Waals surface area contributed by atoms with Gasteiger partial charge in [0, 0.05) is 31.7 Å². The molecule has 4 rings (SSSR count). The molecule has 9 heteroatoms. The van der Waals surface area contributed by atoms with Crippen molar-refractivity contribution in [3.8, 4) is 5.75 Å². The van der Waals surface area contributed by atoms with Crippen LogP contribution in [0.1, 0.15) is 21.7 Å². The molecule has 0 radical (unpaired) electrons. The molecular formula is C23H23ClN4O4. The summed E-state index contributed by atoms with van der Waals surface area (Å²) in [5.41, 5.74) is 1.80. The molecule has 8 nitrogen and oxygen atoms in total. The van der Waals surface area contributed by atoms with Gasteiger partial charge >= 0.3 is 0 Å². The van der Waals surface area contributed by atoms with Gasteiger partial charge in [0.1, 0.15) is 24.7 Å². The van der Waals surface area contributed by atoms with Crippen LogP contribution in [0.15, 0.2) is 54.9 Å². The summed E-state index contributed by atoms with van der Waals surface area (Å²) in [6, 6.07) is 12.2. The Morgan fingerprint density at radius 1 is 1.22 bits per heavy atom. The Morgan fingerprint density at radius 3 is 2.75 bits per heavy atom. The maximum atomic E-state index is 13.5. The van der Waals surface area contributed by atoms with Gasteiger partial charge in [0.25, 0.3) is 5.91 Å². The molecule has 3 aromatic rings. The maximum absolute atomic E-state index is 13.5. The maximum Gasteiger partial charge on any atom is 0.260 e. The van der Waals surface area contributed by atoms with Crippen LogP contribution < -0.4 is 9.64 Å². The molecule has 2 heterocycles. The first-order valence-corrected chi connectivity index (χ1v) is 10.5. The molecule has 0 unspecified atom stereocenters. The van der Waals surface area contributed by atoms with Crippen molar-refractivity contribution < 1.29 is 19.4 Å². The lowest BCUT2D eigenvalue weighted by Gasteiger charge is -2.23. The molecule has 0 saturated carbocycles. The first kappa shape index (κ1) is 21.9. The zero-order valence-electron chi connectivity index (χ0n) is 17.6. The van der Waals surface area contributed by atoms with Crippen LogP contribution in [-0.2, 0) is 24.9 Å². The fourth-order valence-electron chi connectivity index (χ4n) is 3.63. The third kappa shape index (κ3) is 4.46. The summed E-state index contributed by atoms with van der Waals surface area (Å²) in [5.74, 6) is 0.659. The zero-order valence-corrected chi connectivity index (χ0v) is 18.3. The van der Waals surface area contributed by atoms with Gasteiger partial charge in [-0.2, -0.15) is 0 Å². The van der Waals surface area contributed by atoms with Gasteiger partial charge in [-0.3, -0.25) is 14.5 Å². The topological polar surface area (TPSA) is 87.9 Å². The second kappa shape index (κ2) is 9.42. The summed E-state index contributed by atoms with van der Waals surface area (Å²) in [5, 5.41) is 9.12. The van der Waals surface area contributed by atoms with Gasteiger partial charge in [-0.05, 0) is 29.8 Å². The zero-order chi connectivity index (χ0) is 22.7. The molecule has 1 aliphatic rings. The Labute approximate surface area is 190 Å². The summed E-state index contributed by atoms with van der Waals surface area (Å²) < 4.78 is 7.22. The van der Waals surface area contributed by atoms with Gasteiger partial charge in [0.15, 0.2) is 0 Å². The Hall–Kier alpha value is -3.36. The largest absolute Gasteiger partial charge is 0.491 e. The number of imidazole rings is 1. The van der Waals surface area contributed by atoms with E-state index in [9.17, 15) is 9.59 Å². The predicted molar refractivity (Wildman–Crippen MR) is 120 cm³/mol. The van der Waals surface area contributed by atoms with Crippen molar-refractivity contribution in [1.82, 2.24) is 14.5 Å². The average Bonchev–Trinajstić information content (AvgIpc) is 3.13. The summed E-state index contributed by atoms with van der Waals surface area (Å²) in [4.78, 5) is 34.1. The molecule has 0 aliphatic carbocycles. The second-order valence-corrected chi connectivity index (χ2v) is 7.85. The van der Waals surface area contributed by atoms with E-state index in [2.05, 4.69) is 4.98 Å². The number of rotatable bonds is 6. The summed E-state index contributed by atoms with van der Waals surface area (Å²) in [6.45, 7) is 0.603.